The van der Waals surface area contributed by atoms with Crippen molar-refractivity contribution in [1.82, 2.24) is 14.9 Å². The van der Waals surface area contributed by atoms with E-state index in [1.165, 1.54) is 4.90 Å². The van der Waals surface area contributed by atoms with Crippen molar-refractivity contribution in [3.05, 3.63) is 45.7 Å². The Balaban J connectivity index is 2.29. The molecule has 0 saturated heterocycles. The topological polar surface area (TPSA) is 81.3 Å². The summed E-state index contributed by atoms with van der Waals surface area (Å²) in [5.41, 5.74) is 7.13. The molecule has 2 N–H and O–H groups in total. The molecule has 0 radical (unpaired) electrons. The third kappa shape index (κ3) is 3.73. The van der Waals surface area contributed by atoms with Crippen molar-refractivity contribution in [1.29, 1.82) is 0 Å². The molecule has 116 valence electrons. The Hall–Kier alpha value is -2.15. The number of aryl methyl sites for hydroxylation is 1. The molecular formula is C15H17BrN4O2. The molecule has 22 heavy (non-hydrogen) atoms. The largest absolute Gasteiger partial charge is 0.487 e. The van der Waals surface area contributed by atoms with Gasteiger partial charge in [0.25, 0.3) is 5.91 Å². The summed E-state index contributed by atoms with van der Waals surface area (Å²) in [6.45, 7) is 1.88. The molecule has 0 saturated carbocycles. The maximum Gasteiger partial charge on any atom is 0.257 e. The van der Waals surface area contributed by atoms with Crippen LogP contribution >= 0.6 is 15.9 Å². The molecule has 1 heterocycles. The molecule has 2 aromatic rings. The highest BCUT2D eigenvalue weighted by Gasteiger charge is 2.20. The normalized spacial score (nSPS) is 10.4. The van der Waals surface area contributed by atoms with Crippen molar-refractivity contribution in [2.24, 2.45) is 0 Å². The molecule has 0 aliphatic heterocycles. The number of carbonyl (C=O) groups excluding carboxylic acids is 1. The van der Waals surface area contributed by atoms with Gasteiger partial charge in [-0.25, -0.2) is 9.97 Å². The van der Waals surface area contributed by atoms with E-state index in [-0.39, 0.29) is 18.5 Å². The number of anilines is 1. The minimum Gasteiger partial charge on any atom is -0.487 e. The third-order valence-corrected chi connectivity index (χ3v) is 3.52. The predicted molar refractivity (Wildman–Crippen MR) is 87.7 cm³/mol. The lowest BCUT2D eigenvalue weighted by Crippen LogP contribution is -2.26. The first-order valence-corrected chi connectivity index (χ1v) is 7.40. The lowest BCUT2D eigenvalue weighted by Gasteiger charge is -2.16. The summed E-state index contributed by atoms with van der Waals surface area (Å²) in [5.74, 6) is 0.635. The van der Waals surface area contributed by atoms with Gasteiger partial charge in [0.05, 0.1) is 17.0 Å². The van der Waals surface area contributed by atoms with Crippen LogP contribution in [-0.2, 0) is 6.61 Å². The van der Waals surface area contributed by atoms with Crippen molar-refractivity contribution < 1.29 is 9.53 Å². The van der Waals surface area contributed by atoms with E-state index in [1.807, 2.05) is 24.3 Å². The highest BCUT2D eigenvalue weighted by molar-refractivity contribution is 9.10. The summed E-state index contributed by atoms with van der Waals surface area (Å²) in [4.78, 5) is 22.0. The molecule has 0 fully saturated rings. The number of hydrogen-bond acceptors (Lipinski definition) is 5. The Bertz CT molecular complexity index is 687. The van der Waals surface area contributed by atoms with E-state index >= 15 is 0 Å². The second kappa shape index (κ2) is 6.74. The van der Waals surface area contributed by atoms with Gasteiger partial charge in [0, 0.05) is 18.6 Å². The predicted octanol–water partition coefficient (Wildman–Crippen LogP) is 2.41. The highest BCUT2D eigenvalue weighted by Crippen LogP contribution is 2.19. The van der Waals surface area contributed by atoms with Gasteiger partial charge in [-0.2, -0.15) is 0 Å². The zero-order chi connectivity index (χ0) is 16.3. The van der Waals surface area contributed by atoms with Crippen LogP contribution in [0.2, 0.25) is 0 Å². The molecule has 0 unspecified atom stereocenters. The molecule has 1 amide bonds. The Kier molecular flexibility index (Phi) is 4.97. The van der Waals surface area contributed by atoms with Crippen LogP contribution in [0.3, 0.4) is 0 Å². The quantitative estimate of drug-likeness (QED) is 0.900. The molecule has 1 aromatic carbocycles. The van der Waals surface area contributed by atoms with E-state index in [4.69, 9.17) is 10.5 Å². The summed E-state index contributed by atoms with van der Waals surface area (Å²) in [6, 6.07) is 7.41. The van der Waals surface area contributed by atoms with Crippen molar-refractivity contribution in [3.8, 4) is 5.75 Å². The standard InChI is InChI=1S/C15H17BrN4O2/c1-9-13(14(21)20(2)3)12(19-15(17)18-9)8-22-11-6-4-10(16)5-7-11/h4-7H,8H2,1-3H3,(H2,17,18,19). The lowest BCUT2D eigenvalue weighted by molar-refractivity contribution is 0.0823. The number of nitrogen functional groups attached to an aromatic ring is 1. The minimum absolute atomic E-state index is 0.127. The van der Waals surface area contributed by atoms with Gasteiger partial charge in [0.15, 0.2) is 0 Å². The lowest BCUT2D eigenvalue weighted by atomic mass is 10.1. The molecule has 2 rings (SSSR count). The smallest absolute Gasteiger partial charge is 0.257 e. The van der Waals surface area contributed by atoms with Gasteiger partial charge in [0.2, 0.25) is 5.95 Å². The van der Waals surface area contributed by atoms with Crippen molar-refractivity contribution in [2.75, 3.05) is 19.8 Å². The Morgan fingerprint density at radius 3 is 2.50 bits per heavy atom. The van der Waals surface area contributed by atoms with Gasteiger partial charge in [-0.1, -0.05) is 15.9 Å². The number of benzene rings is 1. The first-order chi connectivity index (χ1) is 10.4. The van der Waals surface area contributed by atoms with E-state index in [9.17, 15) is 4.79 Å². The number of ether oxygens (including phenoxy) is 1. The van der Waals surface area contributed by atoms with Crippen molar-refractivity contribution in [3.63, 3.8) is 0 Å². The zero-order valence-corrected chi connectivity index (χ0v) is 14.2. The first-order valence-electron chi connectivity index (χ1n) is 6.61. The molecule has 0 atom stereocenters. The average Bonchev–Trinajstić information content (AvgIpc) is 2.45. The summed E-state index contributed by atoms with van der Waals surface area (Å²) < 4.78 is 6.65. The van der Waals surface area contributed by atoms with Crippen molar-refractivity contribution >= 4 is 27.8 Å². The molecular weight excluding hydrogens is 348 g/mol. The maximum absolute atomic E-state index is 12.3. The molecule has 0 aliphatic rings. The van der Waals surface area contributed by atoms with Gasteiger partial charge < -0.3 is 15.4 Å². The molecule has 0 aliphatic carbocycles. The fourth-order valence-corrected chi connectivity index (χ4v) is 2.21. The fraction of sp³-hybridized carbons (Fsp3) is 0.267. The van der Waals surface area contributed by atoms with Crippen LogP contribution < -0.4 is 10.5 Å². The van der Waals surface area contributed by atoms with E-state index in [0.29, 0.717) is 22.7 Å². The number of rotatable bonds is 4. The minimum atomic E-state index is -0.174. The second-order valence-corrected chi connectivity index (χ2v) is 5.85. The summed E-state index contributed by atoms with van der Waals surface area (Å²) in [6.07, 6.45) is 0. The Morgan fingerprint density at radius 1 is 1.27 bits per heavy atom. The first kappa shape index (κ1) is 16.2. The van der Waals surface area contributed by atoms with Crippen LogP contribution in [0.4, 0.5) is 5.95 Å². The highest BCUT2D eigenvalue weighted by atomic mass is 79.9. The molecule has 0 spiro atoms. The van der Waals surface area contributed by atoms with Crippen LogP contribution in [0.25, 0.3) is 0 Å². The Morgan fingerprint density at radius 2 is 1.91 bits per heavy atom. The Labute approximate surface area is 137 Å². The monoisotopic (exact) mass is 364 g/mol. The third-order valence-electron chi connectivity index (χ3n) is 2.99. The van der Waals surface area contributed by atoms with Gasteiger partial charge >= 0.3 is 0 Å². The molecule has 7 heteroatoms. The zero-order valence-electron chi connectivity index (χ0n) is 12.6. The number of amides is 1. The number of nitrogens with two attached hydrogens (primary N) is 1. The summed E-state index contributed by atoms with van der Waals surface area (Å²) in [5, 5.41) is 0. The van der Waals surface area contributed by atoms with E-state index in [1.54, 1.807) is 21.0 Å². The van der Waals surface area contributed by atoms with Crippen LogP contribution in [0, 0.1) is 6.92 Å². The van der Waals surface area contributed by atoms with E-state index in [0.717, 1.165) is 4.47 Å². The van der Waals surface area contributed by atoms with Crippen molar-refractivity contribution in [2.45, 2.75) is 13.5 Å². The van der Waals surface area contributed by atoms with Crippen LogP contribution in [0.15, 0.2) is 28.7 Å². The summed E-state index contributed by atoms with van der Waals surface area (Å²) in [7, 11) is 3.36. The average molecular weight is 365 g/mol. The van der Waals surface area contributed by atoms with Gasteiger partial charge in [-0.05, 0) is 31.2 Å². The van der Waals surface area contributed by atoms with Crippen LogP contribution in [-0.4, -0.2) is 34.9 Å². The number of halogens is 1. The summed E-state index contributed by atoms with van der Waals surface area (Å²) >= 11 is 3.36. The molecule has 6 nitrogen and oxygen atoms in total. The number of hydrogen-bond donors (Lipinski definition) is 1. The number of carbonyl (C=O) groups is 1. The van der Waals surface area contributed by atoms with Crippen LogP contribution in [0.5, 0.6) is 5.75 Å². The number of nitrogens with zero attached hydrogens (tertiary/aromatic N) is 3. The fourth-order valence-electron chi connectivity index (χ4n) is 1.94. The molecule has 0 bridgehead atoms. The maximum atomic E-state index is 12.3. The number of aromatic nitrogens is 2. The van der Waals surface area contributed by atoms with Gasteiger partial charge in [-0.3, -0.25) is 4.79 Å². The molecule has 1 aromatic heterocycles. The van der Waals surface area contributed by atoms with Gasteiger partial charge in [-0.15, -0.1) is 0 Å². The van der Waals surface area contributed by atoms with E-state index < -0.39 is 0 Å². The van der Waals surface area contributed by atoms with Crippen LogP contribution in [0.1, 0.15) is 21.7 Å². The van der Waals surface area contributed by atoms with Gasteiger partial charge in [0.1, 0.15) is 12.4 Å². The van der Waals surface area contributed by atoms with E-state index in [2.05, 4.69) is 25.9 Å². The second-order valence-electron chi connectivity index (χ2n) is 4.93. The SMILES string of the molecule is Cc1nc(N)nc(COc2ccc(Br)cc2)c1C(=O)N(C)C.